The van der Waals surface area contributed by atoms with Crippen molar-refractivity contribution in [3.8, 4) is 0 Å². The van der Waals surface area contributed by atoms with Crippen molar-refractivity contribution in [1.82, 2.24) is 9.78 Å². The molecule has 0 bridgehead atoms. The van der Waals surface area contributed by atoms with Crippen LogP contribution in [0.5, 0.6) is 0 Å². The van der Waals surface area contributed by atoms with Crippen molar-refractivity contribution in [1.29, 1.82) is 0 Å². The van der Waals surface area contributed by atoms with Gasteiger partial charge in [-0.2, -0.15) is 5.10 Å². The van der Waals surface area contributed by atoms with Gasteiger partial charge in [0.25, 0.3) is 5.56 Å². The van der Waals surface area contributed by atoms with E-state index in [1.165, 1.54) is 4.68 Å². The molecule has 0 spiro atoms. The van der Waals surface area contributed by atoms with Crippen LogP contribution in [0.4, 0.5) is 5.69 Å². The van der Waals surface area contributed by atoms with Crippen molar-refractivity contribution >= 4 is 5.69 Å². The van der Waals surface area contributed by atoms with E-state index in [1.807, 2.05) is 6.92 Å². The molecule has 0 aliphatic carbocycles. The van der Waals surface area contributed by atoms with Gasteiger partial charge in [0, 0.05) is 12.6 Å². The highest BCUT2D eigenvalue weighted by atomic mass is 16.5. The Balaban J connectivity index is 2.04. The molecule has 17 heavy (non-hydrogen) atoms. The van der Waals surface area contributed by atoms with Crippen LogP contribution in [-0.2, 0) is 11.3 Å². The minimum atomic E-state index is -0.0772. The van der Waals surface area contributed by atoms with Crippen LogP contribution < -0.4 is 10.9 Å². The fourth-order valence-electron chi connectivity index (χ4n) is 2.08. The van der Waals surface area contributed by atoms with Gasteiger partial charge in [0.05, 0.1) is 30.6 Å². The van der Waals surface area contributed by atoms with Crippen LogP contribution >= 0.6 is 0 Å². The van der Waals surface area contributed by atoms with E-state index in [1.54, 1.807) is 12.3 Å². The van der Waals surface area contributed by atoms with Gasteiger partial charge in [0.15, 0.2) is 0 Å². The van der Waals surface area contributed by atoms with Gasteiger partial charge in [-0.05, 0) is 26.7 Å². The van der Waals surface area contributed by atoms with Crippen LogP contribution in [0, 0.1) is 0 Å². The number of hydrogen-bond acceptors (Lipinski definition) is 4. The van der Waals surface area contributed by atoms with Crippen molar-refractivity contribution in [2.45, 2.75) is 45.4 Å². The molecule has 1 saturated heterocycles. The molecule has 2 rings (SSSR count). The van der Waals surface area contributed by atoms with Gasteiger partial charge in [-0.25, -0.2) is 4.68 Å². The first kappa shape index (κ1) is 12.1. The van der Waals surface area contributed by atoms with Gasteiger partial charge in [0.1, 0.15) is 0 Å². The molecule has 1 fully saturated rings. The van der Waals surface area contributed by atoms with Gasteiger partial charge in [-0.1, -0.05) is 0 Å². The molecule has 5 heteroatoms. The molecular formula is C12H19N3O2. The van der Waals surface area contributed by atoms with Gasteiger partial charge in [-0.15, -0.1) is 0 Å². The van der Waals surface area contributed by atoms with Crippen molar-refractivity contribution in [2.75, 3.05) is 11.9 Å². The molecule has 1 aromatic heterocycles. The summed E-state index contributed by atoms with van der Waals surface area (Å²) in [5, 5.41) is 7.22. The molecule has 5 nitrogen and oxygen atoms in total. The molecule has 2 unspecified atom stereocenters. The number of hydrogen-bond donors (Lipinski definition) is 1. The minimum Gasteiger partial charge on any atom is -0.384 e. The molecule has 1 aliphatic heterocycles. The van der Waals surface area contributed by atoms with E-state index in [-0.39, 0.29) is 11.7 Å². The third-order valence-electron chi connectivity index (χ3n) is 2.95. The maximum absolute atomic E-state index is 11.8. The van der Waals surface area contributed by atoms with E-state index >= 15 is 0 Å². The Labute approximate surface area is 101 Å². The zero-order valence-electron chi connectivity index (χ0n) is 10.3. The second-order valence-electron chi connectivity index (χ2n) is 4.44. The standard InChI is InChI=1S/C12H19N3O2/c1-3-13-10-6-12(16)15(14-7-10)8-11-5-4-9(2)17-11/h6-7,9,11,13H,3-5,8H2,1-2H3. The SMILES string of the molecule is CCNc1cnn(CC2CCC(C)O2)c(=O)c1. The summed E-state index contributed by atoms with van der Waals surface area (Å²) in [5.41, 5.74) is 0.695. The summed E-state index contributed by atoms with van der Waals surface area (Å²) in [4.78, 5) is 11.8. The number of ether oxygens (including phenoxy) is 1. The molecule has 1 N–H and O–H groups in total. The van der Waals surface area contributed by atoms with Crippen molar-refractivity contribution in [2.24, 2.45) is 0 Å². The van der Waals surface area contributed by atoms with Crippen LogP contribution in [-0.4, -0.2) is 28.5 Å². The summed E-state index contributed by atoms with van der Waals surface area (Å²) in [6.45, 7) is 5.38. The van der Waals surface area contributed by atoms with Crippen LogP contribution in [0.2, 0.25) is 0 Å². The number of rotatable bonds is 4. The topological polar surface area (TPSA) is 56.1 Å². The molecule has 1 aliphatic rings. The second kappa shape index (κ2) is 5.31. The lowest BCUT2D eigenvalue weighted by Crippen LogP contribution is -2.28. The van der Waals surface area contributed by atoms with E-state index in [0.717, 1.165) is 25.1 Å². The van der Waals surface area contributed by atoms with Gasteiger partial charge in [0.2, 0.25) is 0 Å². The summed E-state index contributed by atoms with van der Waals surface area (Å²) in [6, 6.07) is 1.58. The highest BCUT2D eigenvalue weighted by Crippen LogP contribution is 2.19. The molecule has 2 atom stereocenters. The molecule has 94 valence electrons. The quantitative estimate of drug-likeness (QED) is 0.856. The largest absolute Gasteiger partial charge is 0.384 e. The average molecular weight is 237 g/mol. The van der Waals surface area contributed by atoms with E-state index in [2.05, 4.69) is 17.3 Å². The van der Waals surface area contributed by atoms with Crippen LogP contribution in [0.25, 0.3) is 0 Å². The lowest BCUT2D eigenvalue weighted by molar-refractivity contribution is 0.0428. The Morgan fingerprint density at radius 2 is 2.41 bits per heavy atom. The van der Waals surface area contributed by atoms with E-state index in [0.29, 0.717) is 12.6 Å². The lowest BCUT2D eigenvalue weighted by atomic mass is 10.2. The number of nitrogens with one attached hydrogen (secondary N) is 1. The summed E-state index contributed by atoms with van der Waals surface area (Å²) in [7, 11) is 0. The smallest absolute Gasteiger partial charge is 0.268 e. The Hall–Kier alpha value is -1.36. The fraction of sp³-hybridized carbons (Fsp3) is 0.667. The molecule has 0 aromatic carbocycles. The Morgan fingerprint density at radius 3 is 3.00 bits per heavy atom. The first-order valence-corrected chi connectivity index (χ1v) is 6.15. The summed E-state index contributed by atoms with van der Waals surface area (Å²) < 4.78 is 7.16. The third kappa shape index (κ3) is 3.06. The monoisotopic (exact) mass is 237 g/mol. The normalized spacial score (nSPS) is 23.9. The molecule has 2 heterocycles. The van der Waals surface area contributed by atoms with Gasteiger partial charge < -0.3 is 10.1 Å². The second-order valence-corrected chi connectivity index (χ2v) is 4.44. The lowest BCUT2D eigenvalue weighted by Gasteiger charge is -2.12. The summed E-state index contributed by atoms with van der Waals surface area (Å²) >= 11 is 0. The number of aromatic nitrogens is 2. The van der Waals surface area contributed by atoms with Crippen LogP contribution in [0.3, 0.4) is 0 Å². The molecule has 0 amide bonds. The zero-order valence-corrected chi connectivity index (χ0v) is 10.3. The van der Waals surface area contributed by atoms with Crippen LogP contribution in [0.1, 0.15) is 26.7 Å². The highest BCUT2D eigenvalue weighted by molar-refractivity contribution is 5.38. The highest BCUT2D eigenvalue weighted by Gasteiger charge is 2.22. The number of nitrogens with zero attached hydrogens (tertiary/aromatic N) is 2. The summed E-state index contributed by atoms with van der Waals surface area (Å²) in [5.74, 6) is 0. The first-order chi connectivity index (χ1) is 8.19. The Kier molecular flexibility index (Phi) is 3.78. The maximum atomic E-state index is 11.8. The first-order valence-electron chi connectivity index (χ1n) is 6.15. The van der Waals surface area contributed by atoms with Gasteiger partial charge >= 0.3 is 0 Å². The molecule has 1 aromatic rings. The zero-order chi connectivity index (χ0) is 12.3. The van der Waals surface area contributed by atoms with Crippen molar-refractivity contribution in [3.63, 3.8) is 0 Å². The molecular weight excluding hydrogens is 218 g/mol. The molecule has 0 saturated carbocycles. The maximum Gasteiger partial charge on any atom is 0.268 e. The minimum absolute atomic E-state index is 0.0772. The number of anilines is 1. The fourth-order valence-corrected chi connectivity index (χ4v) is 2.08. The summed E-state index contributed by atoms with van der Waals surface area (Å²) in [6.07, 6.45) is 4.18. The predicted octanol–water partition coefficient (Wildman–Crippen LogP) is 1.24. The molecule has 0 radical (unpaired) electrons. The predicted molar refractivity (Wildman–Crippen MR) is 66.2 cm³/mol. The van der Waals surface area contributed by atoms with Crippen molar-refractivity contribution in [3.05, 3.63) is 22.6 Å². The average Bonchev–Trinajstić information content (AvgIpc) is 2.69. The Bertz CT molecular complexity index is 430. The van der Waals surface area contributed by atoms with Crippen molar-refractivity contribution < 1.29 is 4.74 Å². The van der Waals surface area contributed by atoms with E-state index < -0.39 is 0 Å². The van der Waals surface area contributed by atoms with E-state index in [4.69, 9.17) is 4.74 Å². The van der Waals surface area contributed by atoms with Gasteiger partial charge in [-0.3, -0.25) is 4.79 Å². The van der Waals surface area contributed by atoms with E-state index in [9.17, 15) is 4.79 Å². The Morgan fingerprint density at radius 1 is 1.59 bits per heavy atom. The third-order valence-corrected chi connectivity index (χ3v) is 2.95. The van der Waals surface area contributed by atoms with Crippen LogP contribution in [0.15, 0.2) is 17.1 Å².